The monoisotopic (exact) mass is 649 g/mol. The number of aromatic nitrogens is 5. The number of benzene rings is 1. The van der Waals surface area contributed by atoms with Gasteiger partial charge in [-0.15, -0.1) is 0 Å². The van der Waals surface area contributed by atoms with Gasteiger partial charge in [-0.2, -0.15) is 5.10 Å². The Morgan fingerprint density at radius 3 is 2.56 bits per heavy atom. The van der Waals surface area contributed by atoms with Gasteiger partial charge >= 0.3 is 0 Å². The van der Waals surface area contributed by atoms with Crippen LogP contribution in [0.1, 0.15) is 61.6 Å². The average molecular weight is 651 g/mol. The SMILES string of the molecule is CC(=O)c1nn(CC(=O)N2[C@H](C(=O)Nc3ccc(F)c(Br)n3)C[C@@]3(C)C[C@@H]23)c2c(C)cc(-c3cnc(C(C)O)nc3)cc12. The number of carbonyl (C=O) groups is 3. The summed E-state index contributed by atoms with van der Waals surface area (Å²) in [6.45, 7) is 6.78. The molecule has 222 valence electrons. The first kappa shape index (κ1) is 29.0. The lowest BCUT2D eigenvalue weighted by Gasteiger charge is -2.27. The minimum absolute atomic E-state index is 0.0193. The number of aryl methyl sites for hydroxylation is 1. The summed E-state index contributed by atoms with van der Waals surface area (Å²) in [5.41, 5.74) is 2.97. The van der Waals surface area contributed by atoms with Crippen molar-refractivity contribution in [2.24, 2.45) is 5.41 Å². The summed E-state index contributed by atoms with van der Waals surface area (Å²) >= 11 is 3.03. The molecule has 1 aliphatic carbocycles. The highest BCUT2D eigenvalue weighted by molar-refractivity contribution is 9.10. The van der Waals surface area contributed by atoms with Gasteiger partial charge in [-0.05, 0) is 83.4 Å². The number of aliphatic hydroxyl groups is 1. The molecule has 1 unspecified atom stereocenters. The smallest absolute Gasteiger partial charge is 0.248 e. The molecule has 1 saturated heterocycles. The number of amides is 2. The summed E-state index contributed by atoms with van der Waals surface area (Å²) in [4.78, 5) is 53.9. The number of Topliss-reactive ketones (excluding diaryl/α,β-unsaturated/α-hetero) is 1. The van der Waals surface area contributed by atoms with E-state index in [2.05, 4.69) is 48.2 Å². The molecule has 1 aromatic carbocycles. The lowest BCUT2D eigenvalue weighted by molar-refractivity contribution is -0.138. The molecule has 43 heavy (non-hydrogen) atoms. The highest BCUT2D eigenvalue weighted by Gasteiger charge is 2.64. The fourth-order valence-electron chi connectivity index (χ4n) is 6.04. The lowest BCUT2D eigenvalue weighted by Crippen LogP contribution is -2.46. The normalized spacial score (nSPS) is 21.5. The van der Waals surface area contributed by atoms with Crippen LogP contribution in [0.4, 0.5) is 10.2 Å². The zero-order valence-corrected chi connectivity index (χ0v) is 25.5. The third kappa shape index (κ3) is 5.20. The Hall–Kier alpha value is -4.10. The first-order chi connectivity index (χ1) is 20.4. The molecule has 1 aliphatic heterocycles. The van der Waals surface area contributed by atoms with Crippen molar-refractivity contribution < 1.29 is 23.9 Å². The van der Waals surface area contributed by atoms with Crippen LogP contribution >= 0.6 is 15.9 Å². The highest BCUT2D eigenvalue weighted by Crippen LogP contribution is 2.59. The number of fused-ring (bicyclic) bond motifs is 2. The molecule has 2 N–H and O–H groups in total. The second kappa shape index (κ2) is 10.6. The Kier molecular flexibility index (Phi) is 7.12. The van der Waals surface area contributed by atoms with E-state index in [9.17, 15) is 23.9 Å². The van der Waals surface area contributed by atoms with Gasteiger partial charge in [0.1, 0.15) is 34.8 Å². The summed E-state index contributed by atoms with van der Waals surface area (Å²) in [5, 5.41) is 17.6. The van der Waals surface area contributed by atoms with Crippen LogP contribution in [0.2, 0.25) is 0 Å². The molecule has 0 spiro atoms. The van der Waals surface area contributed by atoms with Gasteiger partial charge in [-0.25, -0.2) is 19.3 Å². The van der Waals surface area contributed by atoms with E-state index in [4.69, 9.17) is 0 Å². The molecule has 13 heteroatoms. The number of carbonyl (C=O) groups excluding carboxylic acids is 3. The predicted molar refractivity (Wildman–Crippen MR) is 158 cm³/mol. The van der Waals surface area contributed by atoms with Crippen LogP contribution in [0.5, 0.6) is 0 Å². The van der Waals surface area contributed by atoms with Gasteiger partial charge in [0.2, 0.25) is 11.8 Å². The van der Waals surface area contributed by atoms with E-state index in [0.717, 1.165) is 17.5 Å². The Bertz CT molecular complexity index is 1810. The summed E-state index contributed by atoms with van der Waals surface area (Å²) in [6.07, 6.45) is 3.72. The molecule has 0 radical (unpaired) electrons. The lowest BCUT2D eigenvalue weighted by atomic mass is 10.0. The number of pyridine rings is 1. The maximum atomic E-state index is 13.9. The van der Waals surface area contributed by atoms with Crippen molar-refractivity contribution in [1.29, 1.82) is 0 Å². The minimum Gasteiger partial charge on any atom is -0.385 e. The van der Waals surface area contributed by atoms with E-state index in [1.807, 2.05) is 19.1 Å². The maximum absolute atomic E-state index is 13.9. The van der Waals surface area contributed by atoms with Crippen LogP contribution in [0.25, 0.3) is 22.0 Å². The standard InChI is InChI=1S/C30H29BrFN7O4/c1-14-7-17(18-11-33-28(16(3)41)34-12-18)8-19-25(15(2)40)37-38(26(14)19)13-24(42)39-21(9-30(4)10-22(30)39)29(43)36-23-6-5-20(32)27(31)35-23/h5-8,11-12,16,21-22,41H,9-10,13H2,1-4H3,(H,35,36,43)/t16?,21-,22+,30-/m0/s1. The Balaban J connectivity index is 1.30. The van der Waals surface area contributed by atoms with E-state index >= 15 is 0 Å². The first-order valence-electron chi connectivity index (χ1n) is 13.8. The number of hydrogen-bond donors (Lipinski definition) is 2. The van der Waals surface area contributed by atoms with Crippen molar-refractivity contribution in [1.82, 2.24) is 29.6 Å². The molecule has 2 amide bonds. The number of aliphatic hydroxyl groups excluding tert-OH is 1. The third-order valence-corrected chi connectivity index (χ3v) is 8.87. The van der Waals surface area contributed by atoms with Gasteiger partial charge in [0.15, 0.2) is 17.4 Å². The van der Waals surface area contributed by atoms with E-state index in [0.29, 0.717) is 28.7 Å². The third-order valence-electron chi connectivity index (χ3n) is 8.31. The van der Waals surface area contributed by atoms with E-state index in [-0.39, 0.29) is 45.8 Å². The summed E-state index contributed by atoms with van der Waals surface area (Å²) in [6, 6.07) is 5.48. The Morgan fingerprint density at radius 2 is 1.91 bits per heavy atom. The van der Waals surface area contributed by atoms with Crippen molar-refractivity contribution in [3.05, 3.63) is 64.2 Å². The van der Waals surface area contributed by atoms with Crippen molar-refractivity contribution in [2.45, 2.75) is 65.3 Å². The van der Waals surface area contributed by atoms with Gasteiger partial charge in [-0.1, -0.05) is 6.92 Å². The molecule has 1 saturated carbocycles. The van der Waals surface area contributed by atoms with E-state index < -0.39 is 23.9 Å². The van der Waals surface area contributed by atoms with Crippen molar-refractivity contribution in [2.75, 3.05) is 5.32 Å². The number of rotatable bonds is 7. The molecule has 4 heterocycles. The van der Waals surface area contributed by atoms with Gasteiger partial charge in [0.25, 0.3) is 0 Å². The van der Waals surface area contributed by atoms with Crippen LogP contribution < -0.4 is 5.32 Å². The van der Waals surface area contributed by atoms with Crippen LogP contribution in [0, 0.1) is 18.2 Å². The maximum Gasteiger partial charge on any atom is 0.248 e. The summed E-state index contributed by atoms with van der Waals surface area (Å²) in [7, 11) is 0. The van der Waals surface area contributed by atoms with Crippen LogP contribution in [0.15, 0.2) is 41.3 Å². The molecule has 0 bridgehead atoms. The van der Waals surface area contributed by atoms with Crippen molar-refractivity contribution in [3.63, 3.8) is 0 Å². The Morgan fingerprint density at radius 1 is 1.19 bits per heavy atom. The molecule has 4 atom stereocenters. The Labute approximate surface area is 254 Å². The fourth-order valence-corrected chi connectivity index (χ4v) is 6.36. The minimum atomic E-state index is -0.796. The van der Waals surface area contributed by atoms with Gasteiger partial charge in [-0.3, -0.25) is 19.1 Å². The topological polar surface area (TPSA) is 143 Å². The molecular weight excluding hydrogens is 621 g/mol. The second-order valence-corrected chi connectivity index (χ2v) is 12.4. The largest absolute Gasteiger partial charge is 0.385 e. The van der Waals surface area contributed by atoms with Crippen LogP contribution in [-0.4, -0.2) is 64.4 Å². The number of nitrogens with zero attached hydrogens (tertiary/aromatic N) is 6. The number of hydrogen-bond acceptors (Lipinski definition) is 8. The zero-order valence-electron chi connectivity index (χ0n) is 23.9. The van der Waals surface area contributed by atoms with Gasteiger partial charge in [0, 0.05) is 36.3 Å². The zero-order chi connectivity index (χ0) is 30.8. The molecule has 2 aliphatic rings. The second-order valence-electron chi connectivity index (χ2n) is 11.6. The summed E-state index contributed by atoms with van der Waals surface area (Å²) < 4.78 is 15.2. The van der Waals surface area contributed by atoms with Gasteiger partial charge in [0.05, 0.1) is 5.52 Å². The quantitative estimate of drug-likeness (QED) is 0.222. The van der Waals surface area contributed by atoms with E-state index in [1.165, 1.54) is 23.7 Å². The number of piperidine rings is 1. The number of halogens is 2. The number of anilines is 1. The first-order valence-corrected chi connectivity index (χ1v) is 14.6. The molecule has 11 nitrogen and oxygen atoms in total. The number of likely N-dealkylation sites (tertiary alicyclic amines) is 1. The van der Waals surface area contributed by atoms with Gasteiger partial charge < -0.3 is 15.3 Å². The summed E-state index contributed by atoms with van der Waals surface area (Å²) in [5.74, 6) is -1.00. The number of ketones is 1. The van der Waals surface area contributed by atoms with Crippen molar-refractivity contribution >= 4 is 50.2 Å². The molecule has 4 aromatic rings. The average Bonchev–Trinajstić information content (AvgIpc) is 3.31. The highest BCUT2D eigenvalue weighted by atomic mass is 79.9. The fraction of sp³-hybridized carbons (Fsp3) is 0.367. The van der Waals surface area contributed by atoms with E-state index in [1.54, 1.807) is 24.2 Å². The molecule has 6 rings (SSSR count). The predicted octanol–water partition coefficient (Wildman–Crippen LogP) is 4.37. The van der Waals surface area contributed by atoms with Crippen LogP contribution in [0.3, 0.4) is 0 Å². The van der Waals surface area contributed by atoms with Crippen molar-refractivity contribution in [3.8, 4) is 11.1 Å². The molecule has 2 fully saturated rings. The number of nitrogens with one attached hydrogen (secondary N) is 1. The van der Waals surface area contributed by atoms with Crippen LogP contribution in [-0.2, 0) is 16.1 Å². The molecule has 3 aromatic heterocycles. The molecular formula is C30H29BrFN7O4.